The standard InChI is InChI=1S/C18H22.C4H6O/c1-3-9-17-12-7-8-13-18(17)14-15(2)16-10-5-4-6-11-16;1-3-4(2)5/h4-8,10-13,15H,3,9,14H2,1-2H3;3H,1H2,2H3. The molecule has 0 amide bonds. The van der Waals surface area contributed by atoms with Crippen molar-refractivity contribution in [2.24, 2.45) is 0 Å². The van der Waals surface area contributed by atoms with Crippen molar-refractivity contribution in [1.82, 2.24) is 0 Å². The first-order valence-electron chi connectivity index (χ1n) is 8.33. The summed E-state index contributed by atoms with van der Waals surface area (Å²) in [5, 5.41) is 0. The molecular weight excluding hydrogens is 280 g/mol. The van der Waals surface area contributed by atoms with Gasteiger partial charge in [-0.2, -0.15) is 0 Å². The second-order valence-electron chi connectivity index (χ2n) is 5.85. The van der Waals surface area contributed by atoms with Gasteiger partial charge >= 0.3 is 0 Å². The molecule has 0 saturated heterocycles. The fraction of sp³-hybridized carbons (Fsp3) is 0.318. The van der Waals surface area contributed by atoms with Crippen LogP contribution < -0.4 is 0 Å². The van der Waals surface area contributed by atoms with Gasteiger partial charge in [0.05, 0.1) is 0 Å². The smallest absolute Gasteiger partial charge is 0.152 e. The lowest BCUT2D eigenvalue weighted by Gasteiger charge is -2.15. The minimum absolute atomic E-state index is 0.0185. The van der Waals surface area contributed by atoms with Gasteiger partial charge < -0.3 is 0 Å². The Hall–Kier alpha value is -2.15. The summed E-state index contributed by atoms with van der Waals surface area (Å²) in [5.74, 6) is 0.606. The van der Waals surface area contributed by atoms with Crippen molar-refractivity contribution in [2.45, 2.75) is 46.0 Å². The Balaban J connectivity index is 0.000000463. The molecule has 1 heteroatoms. The van der Waals surface area contributed by atoms with E-state index in [0.29, 0.717) is 5.92 Å². The fourth-order valence-electron chi connectivity index (χ4n) is 2.50. The van der Waals surface area contributed by atoms with Crippen LogP contribution >= 0.6 is 0 Å². The van der Waals surface area contributed by atoms with Crippen LogP contribution in [0.2, 0.25) is 0 Å². The fourth-order valence-corrected chi connectivity index (χ4v) is 2.50. The number of benzene rings is 2. The van der Waals surface area contributed by atoms with Crippen LogP contribution in [0.3, 0.4) is 0 Å². The number of allylic oxidation sites excluding steroid dienone is 1. The van der Waals surface area contributed by atoms with Crippen molar-refractivity contribution < 1.29 is 4.79 Å². The van der Waals surface area contributed by atoms with Crippen molar-refractivity contribution >= 4 is 5.78 Å². The van der Waals surface area contributed by atoms with Gasteiger partial charge in [-0.15, -0.1) is 0 Å². The van der Waals surface area contributed by atoms with Crippen molar-refractivity contribution in [3.05, 3.63) is 83.9 Å². The molecule has 1 nitrogen and oxygen atoms in total. The average Bonchev–Trinajstić information content (AvgIpc) is 2.58. The minimum atomic E-state index is 0.0185. The van der Waals surface area contributed by atoms with Crippen LogP contribution in [-0.4, -0.2) is 5.78 Å². The summed E-state index contributed by atoms with van der Waals surface area (Å²) in [6.45, 7) is 9.24. The van der Waals surface area contributed by atoms with Gasteiger partial charge in [0.2, 0.25) is 0 Å². The molecule has 0 spiro atoms. The summed E-state index contributed by atoms with van der Waals surface area (Å²) in [6.07, 6.45) is 4.83. The summed E-state index contributed by atoms with van der Waals surface area (Å²) >= 11 is 0. The van der Waals surface area contributed by atoms with Crippen LogP contribution in [0.5, 0.6) is 0 Å². The highest BCUT2D eigenvalue weighted by Crippen LogP contribution is 2.22. The lowest BCUT2D eigenvalue weighted by molar-refractivity contribution is -0.112. The predicted molar refractivity (Wildman–Crippen MR) is 99.9 cm³/mol. The molecule has 0 heterocycles. The largest absolute Gasteiger partial charge is 0.295 e. The van der Waals surface area contributed by atoms with Crippen LogP contribution in [-0.2, 0) is 17.6 Å². The molecule has 1 atom stereocenters. The molecule has 0 bridgehead atoms. The van der Waals surface area contributed by atoms with E-state index >= 15 is 0 Å². The Labute approximate surface area is 141 Å². The summed E-state index contributed by atoms with van der Waals surface area (Å²) < 4.78 is 0. The van der Waals surface area contributed by atoms with Gasteiger partial charge in [-0.05, 0) is 48.4 Å². The van der Waals surface area contributed by atoms with E-state index in [9.17, 15) is 4.79 Å². The number of hydrogen-bond donors (Lipinski definition) is 0. The van der Waals surface area contributed by atoms with Gasteiger partial charge in [-0.1, -0.05) is 81.4 Å². The summed E-state index contributed by atoms with van der Waals surface area (Å²) in [6, 6.07) is 19.7. The minimum Gasteiger partial charge on any atom is -0.295 e. The normalized spacial score (nSPS) is 11.1. The lowest BCUT2D eigenvalue weighted by Crippen LogP contribution is -2.01. The molecule has 0 aromatic heterocycles. The summed E-state index contributed by atoms with van der Waals surface area (Å²) in [5.41, 5.74) is 4.46. The molecule has 0 radical (unpaired) electrons. The van der Waals surface area contributed by atoms with Crippen molar-refractivity contribution in [3.63, 3.8) is 0 Å². The van der Waals surface area contributed by atoms with Gasteiger partial charge in [0.15, 0.2) is 5.78 Å². The van der Waals surface area contributed by atoms with Crippen LogP contribution in [0.15, 0.2) is 67.3 Å². The Bertz CT molecular complexity index is 598. The number of carbonyl (C=O) groups is 1. The molecule has 2 aromatic carbocycles. The number of rotatable bonds is 6. The van der Waals surface area contributed by atoms with Crippen LogP contribution in [0.4, 0.5) is 0 Å². The van der Waals surface area contributed by atoms with Crippen molar-refractivity contribution in [2.75, 3.05) is 0 Å². The quantitative estimate of drug-likeness (QED) is 0.621. The van der Waals surface area contributed by atoms with E-state index in [4.69, 9.17) is 0 Å². The highest BCUT2D eigenvalue weighted by atomic mass is 16.1. The maximum Gasteiger partial charge on any atom is 0.152 e. The van der Waals surface area contributed by atoms with Gasteiger partial charge in [0, 0.05) is 0 Å². The molecular formula is C22H28O. The number of ketones is 1. The Morgan fingerprint density at radius 1 is 1.04 bits per heavy atom. The first-order chi connectivity index (χ1) is 11.1. The van der Waals surface area contributed by atoms with Crippen LogP contribution in [0, 0.1) is 0 Å². The summed E-state index contributed by atoms with van der Waals surface area (Å²) in [4.78, 5) is 9.69. The lowest BCUT2D eigenvalue weighted by atomic mass is 9.90. The molecule has 0 saturated carbocycles. The van der Waals surface area contributed by atoms with E-state index < -0.39 is 0 Å². The van der Waals surface area contributed by atoms with Crippen LogP contribution in [0.25, 0.3) is 0 Å². The van der Waals surface area contributed by atoms with Crippen molar-refractivity contribution in [1.29, 1.82) is 0 Å². The van der Waals surface area contributed by atoms with Gasteiger partial charge in [0.25, 0.3) is 0 Å². The van der Waals surface area contributed by atoms with Gasteiger partial charge in [-0.3, -0.25) is 4.79 Å². The van der Waals surface area contributed by atoms with E-state index in [0.717, 1.165) is 6.42 Å². The van der Waals surface area contributed by atoms with E-state index in [1.807, 2.05) is 0 Å². The Morgan fingerprint density at radius 2 is 1.57 bits per heavy atom. The SMILES string of the molecule is C=CC(C)=O.CCCc1ccccc1CC(C)c1ccccc1. The second kappa shape index (κ2) is 10.6. The number of aryl methyl sites for hydroxylation is 1. The average molecular weight is 308 g/mol. The zero-order chi connectivity index (χ0) is 17.1. The topological polar surface area (TPSA) is 17.1 Å². The molecule has 2 rings (SSSR count). The third kappa shape index (κ3) is 7.10. The Kier molecular flexibility index (Phi) is 8.67. The van der Waals surface area contributed by atoms with Crippen molar-refractivity contribution in [3.8, 4) is 0 Å². The van der Waals surface area contributed by atoms with E-state index in [1.54, 1.807) is 0 Å². The molecule has 122 valence electrons. The highest BCUT2D eigenvalue weighted by Gasteiger charge is 2.08. The molecule has 0 aliphatic rings. The van der Waals surface area contributed by atoms with Gasteiger partial charge in [0.1, 0.15) is 0 Å². The zero-order valence-corrected chi connectivity index (χ0v) is 14.6. The zero-order valence-electron chi connectivity index (χ0n) is 14.6. The van der Waals surface area contributed by atoms with E-state index in [2.05, 4.69) is 75.0 Å². The molecule has 0 aliphatic carbocycles. The van der Waals surface area contributed by atoms with E-state index in [1.165, 1.54) is 42.5 Å². The Morgan fingerprint density at radius 3 is 2.09 bits per heavy atom. The second-order valence-corrected chi connectivity index (χ2v) is 5.85. The highest BCUT2D eigenvalue weighted by molar-refractivity contribution is 5.86. The molecule has 0 aliphatic heterocycles. The number of hydrogen-bond acceptors (Lipinski definition) is 1. The molecule has 2 aromatic rings. The first-order valence-corrected chi connectivity index (χ1v) is 8.33. The molecule has 0 N–H and O–H groups in total. The molecule has 0 fully saturated rings. The maximum absolute atomic E-state index is 9.69. The third-order valence-electron chi connectivity index (χ3n) is 3.82. The molecule has 23 heavy (non-hydrogen) atoms. The third-order valence-corrected chi connectivity index (χ3v) is 3.82. The molecule has 1 unspecified atom stereocenters. The maximum atomic E-state index is 9.69. The first kappa shape index (κ1) is 18.9. The van der Waals surface area contributed by atoms with Gasteiger partial charge in [-0.25, -0.2) is 0 Å². The predicted octanol–water partition coefficient (Wildman–Crippen LogP) is 5.75. The number of carbonyl (C=O) groups excluding carboxylic acids is 1. The summed E-state index contributed by atoms with van der Waals surface area (Å²) in [7, 11) is 0. The van der Waals surface area contributed by atoms with E-state index in [-0.39, 0.29) is 5.78 Å². The monoisotopic (exact) mass is 308 g/mol. The van der Waals surface area contributed by atoms with Crippen LogP contribution in [0.1, 0.15) is 49.8 Å².